The second-order valence-corrected chi connectivity index (χ2v) is 6.14. The van der Waals surface area contributed by atoms with Crippen LogP contribution in [0.2, 0.25) is 0 Å². The summed E-state index contributed by atoms with van der Waals surface area (Å²) in [5.41, 5.74) is -0.113. The summed E-state index contributed by atoms with van der Waals surface area (Å²) in [5, 5.41) is 10.0. The van der Waals surface area contributed by atoms with Gasteiger partial charge in [-0.25, -0.2) is 4.79 Å². The van der Waals surface area contributed by atoms with E-state index < -0.39 is 5.97 Å². The number of esters is 1. The zero-order valence-corrected chi connectivity index (χ0v) is 14.0. The molecule has 0 amide bonds. The summed E-state index contributed by atoms with van der Waals surface area (Å²) in [6, 6.07) is 0. The van der Waals surface area contributed by atoms with E-state index in [1.807, 2.05) is 6.92 Å². The van der Waals surface area contributed by atoms with E-state index in [4.69, 9.17) is 4.74 Å². The lowest BCUT2D eigenvalue weighted by molar-refractivity contribution is -0.151. The van der Waals surface area contributed by atoms with Gasteiger partial charge in [0.2, 0.25) is 0 Å². The summed E-state index contributed by atoms with van der Waals surface area (Å²) in [6.07, 6.45) is 9.78. The van der Waals surface area contributed by atoms with Crippen molar-refractivity contribution in [3.63, 3.8) is 0 Å². The number of hydrogen-bond donors (Lipinski definition) is 1. The average molecular weight is 310 g/mol. The Hall–Kier alpha value is -1.32. The summed E-state index contributed by atoms with van der Waals surface area (Å²) >= 11 is 0. The lowest BCUT2D eigenvalue weighted by Gasteiger charge is -2.23. The SMILES string of the molecule is CCCCCCCCC/C(O)=C1/C(=O)C[C@@H](CCC)OC1=O. The lowest BCUT2D eigenvalue weighted by atomic mass is 9.96. The van der Waals surface area contributed by atoms with Crippen LogP contribution in [0.5, 0.6) is 0 Å². The van der Waals surface area contributed by atoms with Crippen LogP contribution in [0.1, 0.15) is 84.5 Å². The molecule has 0 saturated carbocycles. The highest BCUT2D eigenvalue weighted by Crippen LogP contribution is 2.23. The summed E-state index contributed by atoms with van der Waals surface area (Å²) in [7, 11) is 0. The second-order valence-electron chi connectivity index (χ2n) is 6.14. The molecule has 1 N–H and O–H groups in total. The van der Waals surface area contributed by atoms with Crippen molar-refractivity contribution in [2.24, 2.45) is 0 Å². The summed E-state index contributed by atoms with van der Waals surface area (Å²) in [5.74, 6) is -0.996. The third-order valence-corrected chi connectivity index (χ3v) is 4.09. The second kappa shape index (κ2) is 10.4. The van der Waals surface area contributed by atoms with Gasteiger partial charge in [-0.1, -0.05) is 58.8 Å². The van der Waals surface area contributed by atoms with E-state index in [9.17, 15) is 14.7 Å². The molecule has 1 aliphatic rings. The van der Waals surface area contributed by atoms with Crippen molar-refractivity contribution in [2.45, 2.75) is 90.6 Å². The van der Waals surface area contributed by atoms with Gasteiger partial charge in [-0.3, -0.25) is 4.79 Å². The zero-order valence-electron chi connectivity index (χ0n) is 14.0. The van der Waals surface area contributed by atoms with Crippen LogP contribution in [0, 0.1) is 0 Å². The van der Waals surface area contributed by atoms with Crippen molar-refractivity contribution in [3.8, 4) is 0 Å². The zero-order chi connectivity index (χ0) is 16.4. The molecule has 0 spiro atoms. The van der Waals surface area contributed by atoms with Gasteiger partial charge >= 0.3 is 5.97 Å². The van der Waals surface area contributed by atoms with Gasteiger partial charge in [-0.05, 0) is 12.8 Å². The molecule has 1 fully saturated rings. The van der Waals surface area contributed by atoms with Crippen molar-refractivity contribution < 1.29 is 19.4 Å². The Kier molecular flexibility index (Phi) is 8.86. The van der Waals surface area contributed by atoms with E-state index in [2.05, 4.69) is 6.92 Å². The van der Waals surface area contributed by atoms with E-state index in [1.54, 1.807) is 0 Å². The fourth-order valence-corrected chi connectivity index (χ4v) is 2.81. The predicted molar refractivity (Wildman–Crippen MR) is 86.7 cm³/mol. The monoisotopic (exact) mass is 310 g/mol. The number of carbonyl (C=O) groups is 2. The number of carbonyl (C=O) groups excluding carboxylic acids is 2. The molecule has 0 radical (unpaired) electrons. The number of hydrogen-bond acceptors (Lipinski definition) is 4. The third kappa shape index (κ3) is 6.20. The Morgan fingerprint density at radius 2 is 1.68 bits per heavy atom. The smallest absolute Gasteiger partial charge is 0.345 e. The Balaban J connectivity index is 2.38. The standard InChI is InChI=1S/C18H30O4/c1-3-5-6-7-8-9-10-12-15(19)17-16(20)13-14(11-4-2)22-18(17)21/h14,19H,3-13H2,1-2H3/b17-15+/t14-/m1/s1. The van der Waals surface area contributed by atoms with E-state index in [0.29, 0.717) is 12.8 Å². The van der Waals surface area contributed by atoms with Gasteiger partial charge in [0.15, 0.2) is 5.78 Å². The first-order valence-electron chi connectivity index (χ1n) is 8.76. The number of ketones is 1. The van der Waals surface area contributed by atoms with Crippen molar-refractivity contribution >= 4 is 11.8 Å². The predicted octanol–water partition coefficient (Wildman–Crippen LogP) is 4.62. The third-order valence-electron chi connectivity index (χ3n) is 4.09. The molecule has 1 aliphatic heterocycles. The molecular weight excluding hydrogens is 280 g/mol. The maximum atomic E-state index is 12.0. The molecule has 0 aromatic carbocycles. The first-order chi connectivity index (χ1) is 10.6. The number of unbranched alkanes of at least 4 members (excludes halogenated alkanes) is 6. The minimum Gasteiger partial charge on any atom is -0.511 e. The summed E-state index contributed by atoms with van der Waals surface area (Å²) < 4.78 is 5.23. The molecule has 1 atom stereocenters. The number of aliphatic hydroxyl groups is 1. The van der Waals surface area contributed by atoms with Gasteiger partial charge < -0.3 is 9.84 Å². The summed E-state index contributed by atoms with van der Waals surface area (Å²) in [4.78, 5) is 23.9. The molecule has 0 aromatic rings. The van der Waals surface area contributed by atoms with Crippen molar-refractivity contribution in [1.82, 2.24) is 0 Å². The van der Waals surface area contributed by atoms with Gasteiger partial charge in [0.25, 0.3) is 0 Å². The van der Waals surface area contributed by atoms with Crippen LogP contribution in [0.25, 0.3) is 0 Å². The topological polar surface area (TPSA) is 63.6 Å². The number of ether oxygens (including phenoxy) is 1. The van der Waals surface area contributed by atoms with Crippen LogP contribution >= 0.6 is 0 Å². The molecule has 1 saturated heterocycles. The quantitative estimate of drug-likeness (QED) is 0.210. The van der Waals surface area contributed by atoms with Gasteiger partial charge in [-0.2, -0.15) is 0 Å². The van der Waals surface area contributed by atoms with Gasteiger partial charge in [0.1, 0.15) is 17.4 Å². The van der Waals surface area contributed by atoms with Crippen LogP contribution < -0.4 is 0 Å². The highest BCUT2D eigenvalue weighted by Gasteiger charge is 2.34. The Morgan fingerprint density at radius 3 is 2.27 bits per heavy atom. The van der Waals surface area contributed by atoms with Crippen molar-refractivity contribution in [3.05, 3.63) is 11.3 Å². The molecule has 1 rings (SSSR count). The van der Waals surface area contributed by atoms with E-state index in [1.165, 1.54) is 25.7 Å². The molecule has 0 unspecified atom stereocenters. The highest BCUT2D eigenvalue weighted by atomic mass is 16.5. The molecule has 1 heterocycles. The minimum absolute atomic E-state index is 0.0847. The summed E-state index contributed by atoms with van der Waals surface area (Å²) in [6.45, 7) is 4.18. The van der Waals surface area contributed by atoms with Crippen LogP contribution in [-0.4, -0.2) is 23.0 Å². The maximum absolute atomic E-state index is 12.0. The van der Waals surface area contributed by atoms with Crippen molar-refractivity contribution in [2.75, 3.05) is 0 Å². The Labute approximate surface area is 133 Å². The van der Waals surface area contributed by atoms with Gasteiger partial charge in [0.05, 0.1) is 0 Å². The molecule has 126 valence electrons. The number of rotatable bonds is 10. The van der Waals surface area contributed by atoms with Gasteiger partial charge in [-0.15, -0.1) is 0 Å². The van der Waals surface area contributed by atoms with Crippen LogP contribution in [0.3, 0.4) is 0 Å². The molecule has 4 nitrogen and oxygen atoms in total. The first-order valence-corrected chi connectivity index (χ1v) is 8.76. The fraction of sp³-hybridized carbons (Fsp3) is 0.778. The number of aliphatic hydroxyl groups excluding tert-OH is 1. The van der Waals surface area contributed by atoms with Crippen molar-refractivity contribution in [1.29, 1.82) is 0 Å². The maximum Gasteiger partial charge on any atom is 0.345 e. The largest absolute Gasteiger partial charge is 0.511 e. The van der Waals surface area contributed by atoms with Gasteiger partial charge in [0, 0.05) is 12.8 Å². The number of Topliss-reactive ketones (excluding diaryl/α,β-unsaturated/α-hetero) is 1. The molecule has 0 aromatic heterocycles. The molecule has 0 aliphatic carbocycles. The number of allylic oxidation sites excluding steroid dienone is 1. The van der Waals surface area contributed by atoms with Crippen LogP contribution in [0.4, 0.5) is 0 Å². The van der Waals surface area contributed by atoms with Crippen LogP contribution in [0.15, 0.2) is 11.3 Å². The normalized spacial score (nSPS) is 20.9. The Morgan fingerprint density at radius 1 is 1.05 bits per heavy atom. The highest BCUT2D eigenvalue weighted by molar-refractivity contribution is 6.19. The molecule has 22 heavy (non-hydrogen) atoms. The van der Waals surface area contributed by atoms with E-state index in [-0.39, 0.29) is 29.6 Å². The molecule has 4 heteroatoms. The lowest BCUT2D eigenvalue weighted by Crippen LogP contribution is -2.33. The average Bonchev–Trinajstić information content (AvgIpc) is 2.46. The molecule has 0 bridgehead atoms. The van der Waals surface area contributed by atoms with E-state index in [0.717, 1.165) is 25.7 Å². The fourth-order valence-electron chi connectivity index (χ4n) is 2.81. The Bertz CT molecular complexity index is 378. The van der Waals surface area contributed by atoms with E-state index >= 15 is 0 Å². The number of cyclic esters (lactones) is 1. The minimum atomic E-state index is -0.643. The van der Waals surface area contributed by atoms with Crippen LogP contribution in [-0.2, 0) is 14.3 Å². The first kappa shape index (κ1) is 18.7. The molecular formula is C18H30O4.